The molecular weight excluding hydrogens is 538 g/mol. The summed E-state index contributed by atoms with van der Waals surface area (Å²) in [5.41, 5.74) is -1.13. The molecule has 6 rings (SSSR count). The second-order valence-corrected chi connectivity index (χ2v) is 10.9. The quantitative estimate of drug-likeness (QED) is 0.255. The van der Waals surface area contributed by atoms with Crippen molar-refractivity contribution in [2.45, 2.75) is 17.1 Å². The van der Waals surface area contributed by atoms with Gasteiger partial charge in [-0.2, -0.15) is 26.9 Å². The van der Waals surface area contributed by atoms with Gasteiger partial charge >= 0.3 is 16.4 Å². The molecule has 0 radical (unpaired) electrons. The first-order valence-electron chi connectivity index (χ1n) is 11.6. The summed E-state index contributed by atoms with van der Waals surface area (Å²) in [6.07, 6.45) is -3.22. The highest BCUT2D eigenvalue weighted by atomic mass is 32.3. The number of fused-ring (bicyclic) bond motifs is 4. The molecule has 0 saturated carbocycles. The second-order valence-electron chi connectivity index (χ2n) is 9.55. The number of aromatic nitrogens is 3. The van der Waals surface area contributed by atoms with Crippen molar-refractivity contribution in [1.29, 1.82) is 5.26 Å². The molecular formula is C26H17F4N5O3S. The SMILES string of the molecule is CN1CC(n2c3cc(-c4cncc(S(=O)(=O)F)c4)c(C(F)(F)F)cc3c(=O)c3c4ccc(C#N)cc4[nH]c32)C1. The highest BCUT2D eigenvalue weighted by Crippen LogP contribution is 2.41. The highest BCUT2D eigenvalue weighted by Gasteiger charge is 2.36. The van der Waals surface area contributed by atoms with E-state index in [1.165, 1.54) is 12.1 Å². The van der Waals surface area contributed by atoms with Crippen LogP contribution >= 0.6 is 0 Å². The van der Waals surface area contributed by atoms with E-state index < -0.39 is 37.9 Å². The normalized spacial score (nSPS) is 15.2. The van der Waals surface area contributed by atoms with E-state index in [2.05, 4.69) is 9.97 Å². The van der Waals surface area contributed by atoms with E-state index in [4.69, 9.17) is 0 Å². The Morgan fingerprint density at radius 1 is 1.10 bits per heavy atom. The van der Waals surface area contributed by atoms with E-state index in [1.807, 2.05) is 18.0 Å². The van der Waals surface area contributed by atoms with Gasteiger partial charge in [0.2, 0.25) is 0 Å². The number of hydrogen-bond donors (Lipinski definition) is 1. The van der Waals surface area contributed by atoms with Gasteiger partial charge in [-0.15, -0.1) is 3.89 Å². The molecule has 3 aromatic heterocycles. The monoisotopic (exact) mass is 555 g/mol. The molecule has 1 aliphatic heterocycles. The number of benzene rings is 2. The van der Waals surface area contributed by atoms with E-state index in [1.54, 1.807) is 16.7 Å². The summed E-state index contributed by atoms with van der Waals surface area (Å²) in [6, 6.07) is 9.22. The summed E-state index contributed by atoms with van der Waals surface area (Å²) in [5, 5.41) is 9.80. The average Bonchev–Trinajstić information content (AvgIpc) is 3.24. The first-order chi connectivity index (χ1) is 18.4. The lowest BCUT2D eigenvalue weighted by Crippen LogP contribution is -2.45. The van der Waals surface area contributed by atoms with Crippen LogP contribution < -0.4 is 5.43 Å². The third kappa shape index (κ3) is 3.95. The van der Waals surface area contributed by atoms with Crippen LogP contribution in [0.1, 0.15) is 17.2 Å². The molecule has 1 fully saturated rings. The maximum atomic E-state index is 14.3. The maximum absolute atomic E-state index is 14.3. The molecule has 1 saturated heterocycles. The van der Waals surface area contributed by atoms with Crippen LogP contribution in [0, 0.1) is 11.3 Å². The van der Waals surface area contributed by atoms with Crippen molar-refractivity contribution >= 4 is 43.1 Å². The summed E-state index contributed by atoms with van der Waals surface area (Å²) >= 11 is 0. The third-order valence-corrected chi connectivity index (χ3v) is 7.82. The van der Waals surface area contributed by atoms with Crippen molar-refractivity contribution in [3.05, 3.63) is 70.1 Å². The van der Waals surface area contributed by atoms with Gasteiger partial charge in [0, 0.05) is 47.3 Å². The minimum Gasteiger partial charge on any atom is -0.340 e. The zero-order chi connectivity index (χ0) is 27.9. The number of hydrogen-bond acceptors (Lipinski definition) is 6. The smallest absolute Gasteiger partial charge is 0.340 e. The number of likely N-dealkylation sites (N-methyl/N-ethyl adjacent to an activating group) is 1. The summed E-state index contributed by atoms with van der Waals surface area (Å²) in [5.74, 6) is 0. The lowest BCUT2D eigenvalue weighted by Gasteiger charge is -2.39. The number of nitrogens with zero attached hydrogens (tertiary/aromatic N) is 4. The Labute approximate surface area is 217 Å². The standard InChI is InChI=1S/C26H17F4N5O3S/c1-34-11-15(12-34)35-22-7-18(14-5-16(10-32-9-14)39(30,37)38)20(26(27,28)29)6-19(22)24(36)23-17-3-2-13(8-31)4-21(17)33-25(23)35/h2-7,9-10,15,33H,11-12H2,1H3. The number of rotatable bonds is 3. The van der Waals surface area contributed by atoms with Gasteiger partial charge in [-0.05, 0) is 42.9 Å². The van der Waals surface area contributed by atoms with Gasteiger partial charge in [0.25, 0.3) is 0 Å². The molecule has 8 nitrogen and oxygen atoms in total. The Balaban J connectivity index is 1.77. The summed E-state index contributed by atoms with van der Waals surface area (Å²) in [6.45, 7) is 1.11. The van der Waals surface area contributed by atoms with Crippen molar-refractivity contribution in [2.24, 2.45) is 0 Å². The minimum atomic E-state index is -5.24. The Morgan fingerprint density at radius 3 is 2.49 bits per heavy atom. The average molecular weight is 556 g/mol. The number of halogens is 4. The van der Waals surface area contributed by atoms with Crippen LogP contribution in [0.2, 0.25) is 0 Å². The predicted octanol–water partition coefficient (Wildman–Crippen LogP) is 4.73. The highest BCUT2D eigenvalue weighted by molar-refractivity contribution is 7.86. The fraction of sp³-hybridized carbons (Fsp3) is 0.192. The lowest BCUT2D eigenvalue weighted by atomic mass is 9.96. The molecule has 0 atom stereocenters. The second kappa shape index (κ2) is 8.36. The molecule has 5 aromatic rings. The Kier molecular flexibility index (Phi) is 5.36. The Bertz CT molecular complexity index is 2050. The fourth-order valence-corrected chi connectivity index (χ4v) is 5.72. The van der Waals surface area contributed by atoms with E-state index >= 15 is 0 Å². The molecule has 13 heteroatoms. The number of likely N-dealkylation sites (tertiary alicyclic amines) is 1. The van der Waals surface area contributed by atoms with Crippen LogP contribution in [0.5, 0.6) is 0 Å². The summed E-state index contributed by atoms with van der Waals surface area (Å²) < 4.78 is 81.4. The Hall–Kier alpha value is -4.28. The third-order valence-electron chi connectivity index (χ3n) is 7.04. The van der Waals surface area contributed by atoms with Crippen LogP contribution in [0.15, 0.2) is 58.5 Å². The van der Waals surface area contributed by atoms with Crippen LogP contribution in [-0.2, 0) is 16.4 Å². The molecule has 198 valence electrons. The zero-order valence-corrected chi connectivity index (χ0v) is 20.9. The van der Waals surface area contributed by atoms with Crippen molar-refractivity contribution in [1.82, 2.24) is 19.4 Å². The number of nitrogens with one attached hydrogen (secondary N) is 1. The zero-order valence-electron chi connectivity index (χ0n) is 20.0. The first kappa shape index (κ1) is 25.0. The summed E-state index contributed by atoms with van der Waals surface area (Å²) in [4.78, 5) is 21.7. The number of alkyl halides is 3. The van der Waals surface area contributed by atoms with Gasteiger partial charge < -0.3 is 14.5 Å². The number of H-pyrrole nitrogens is 1. The molecule has 4 heterocycles. The molecule has 2 aromatic carbocycles. The van der Waals surface area contributed by atoms with Gasteiger partial charge in [-0.1, -0.05) is 6.07 Å². The van der Waals surface area contributed by atoms with Crippen LogP contribution in [0.3, 0.4) is 0 Å². The first-order valence-corrected chi connectivity index (χ1v) is 13.0. The molecule has 1 N–H and O–H groups in total. The van der Waals surface area contributed by atoms with Crippen LogP contribution in [-0.4, -0.2) is 48.0 Å². The largest absolute Gasteiger partial charge is 0.417 e. The maximum Gasteiger partial charge on any atom is 0.417 e. The van der Waals surface area contributed by atoms with Crippen LogP contribution in [0.25, 0.3) is 44.0 Å². The van der Waals surface area contributed by atoms with Crippen LogP contribution in [0.4, 0.5) is 17.1 Å². The van der Waals surface area contributed by atoms with Gasteiger partial charge in [0.15, 0.2) is 5.43 Å². The van der Waals surface area contributed by atoms with E-state index in [9.17, 15) is 35.5 Å². The van der Waals surface area contributed by atoms with Crippen molar-refractivity contribution in [2.75, 3.05) is 20.1 Å². The molecule has 0 bridgehead atoms. The van der Waals surface area contributed by atoms with Crippen molar-refractivity contribution in [3.63, 3.8) is 0 Å². The minimum absolute atomic E-state index is 0.180. The van der Waals surface area contributed by atoms with E-state index in [-0.39, 0.29) is 27.9 Å². The van der Waals surface area contributed by atoms with E-state index in [0.717, 1.165) is 18.3 Å². The van der Waals surface area contributed by atoms with Gasteiger partial charge in [-0.25, -0.2) is 0 Å². The Morgan fingerprint density at radius 2 is 1.85 bits per heavy atom. The van der Waals surface area contributed by atoms with Gasteiger partial charge in [-0.3, -0.25) is 9.78 Å². The summed E-state index contributed by atoms with van der Waals surface area (Å²) in [7, 11) is -3.36. The van der Waals surface area contributed by atoms with Gasteiger partial charge in [0.05, 0.1) is 34.1 Å². The molecule has 0 aliphatic carbocycles. The van der Waals surface area contributed by atoms with Crippen molar-refractivity contribution in [3.8, 4) is 17.2 Å². The van der Waals surface area contributed by atoms with Gasteiger partial charge in [0.1, 0.15) is 10.5 Å². The molecule has 0 unspecified atom stereocenters. The number of aromatic amines is 1. The lowest BCUT2D eigenvalue weighted by molar-refractivity contribution is -0.137. The predicted molar refractivity (Wildman–Crippen MR) is 135 cm³/mol. The molecule has 0 amide bonds. The van der Waals surface area contributed by atoms with E-state index in [0.29, 0.717) is 41.4 Å². The number of pyridine rings is 2. The fourth-order valence-electron chi connectivity index (χ4n) is 5.27. The molecule has 1 aliphatic rings. The van der Waals surface area contributed by atoms with Crippen molar-refractivity contribution < 1.29 is 25.5 Å². The molecule has 39 heavy (non-hydrogen) atoms. The molecule has 0 spiro atoms. The topological polar surface area (TPSA) is 112 Å². The number of nitriles is 1.